The van der Waals surface area contributed by atoms with Crippen LogP contribution in [0, 0.1) is 0 Å². The normalized spacial score (nSPS) is 17.0. The summed E-state index contributed by atoms with van der Waals surface area (Å²) in [5.74, 6) is -0.176. The van der Waals surface area contributed by atoms with E-state index in [4.69, 9.17) is 11.6 Å². The number of benzene rings is 3. The molecule has 2 amide bonds. The Labute approximate surface area is 202 Å². The fraction of sp³-hybridized carbons (Fsp3) is 0.154. The molecule has 0 bridgehead atoms. The van der Waals surface area contributed by atoms with Gasteiger partial charge in [0.25, 0.3) is 11.8 Å². The van der Waals surface area contributed by atoms with Gasteiger partial charge in [-0.2, -0.15) is 0 Å². The van der Waals surface area contributed by atoms with Crippen LogP contribution in [-0.2, 0) is 4.79 Å². The van der Waals surface area contributed by atoms with Gasteiger partial charge in [-0.15, -0.1) is 0 Å². The second kappa shape index (κ2) is 9.33. The number of nitrogens with one attached hydrogen (secondary N) is 1. The molecule has 3 aromatic carbocycles. The van der Waals surface area contributed by atoms with Crippen molar-refractivity contribution in [3.63, 3.8) is 0 Å². The van der Waals surface area contributed by atoms with Crippen LogP contribution >= 0.6 is 23.4 Å². The topological polar surface area (TPSA) is 52.7 Å². The predicted molar refractivity (Wildman–Crippen MR) is 135 cm³/mol. The van der Waals surface area contributed by atoms with Crippen LogP contribution in [0.15, 0.2) is 82.6 Å². The molecule has 166 valence electrons. The van der Waals surface area contributed by atoms with Gasteiger partial charge < -0.3 is 15.1 Å². The number of hydrogen-bond donors (Lipinski definition) is 1. The average Bonchev–Trinajstić information content (AvgIpc) is 2.84. The summed E-state index contributed by atoms with van der Waals surface area (Å²) in [6.45, 7) is 2.76. The van der Waals surface area contributed by atoms with Crippen LogP contribution in [0.25, 0.3) is 6.08 Å². The molecule has 0 unspecified atom stereocenters. The molecule has 2 heterocycles. The number of thioether (sulfide) groups is 1. The molecule has 1 N–H and O–H groups in total. The van der Waals surface area contributed by atoms with E-state index in [-0.39, 0.29) is 11.8 Å². The van der Waals surface area contributed by atoms with E-state index in [0.717, 1.165) is 29.2 Å². The van der Waals surface area contributed by atoms with Crippen LogP contribution in [0.3, 0.4) is 0 Å². The highest BCUT2D eigenvalue weighted by Gasteiger charge is 2.26. The number of nitrogens with zero attached hydrogens (tertiary/aromatic N) is 2. The average molecular weight is 476 g/mol. The second-order valence-electron chi connectivity index (χ2n) is 7.95. The van der Waals surface area contributed by atoms with Crippen molar-refractivity contribution in [1.82, 2.24) is 4.90 Å². The van der Waals surface area contributed by atoms with Gasteiger partial charge in [0, 0.05) is 47.3 Å². The third-order valence-corrected chi connectivity index (χ3v) is 7.09. The maximum absolute atomic E-state index is 13.1. The Hall–Kier alpha value is -3.22. The minimum Gasteiger partial charge on any atom is -0.368 e. The zero-order valence-corrected chi connectivity index (χ0v) is 19.4. The molecule has 0 saturated carbocycles. The zero-order valence-electron chi connectivity index (χ0n) is 17.8. The van der Waals surface area contributed by atoms with E-state index in [2.05, 4.69) is 10.2 Å². The molecular weight excluding hydrogens is 454 g/mol. The molecule has 5 rings (SSSR count). The van der Waals surface area contributed by atoms with Gasteiger partial charge in [0.15, 0.2) is 0 Å². The maximum atomic E-state index is 13.1. The van der Waals surface area contributed by atoms with Gasteiger partial charge >= 0.3 is 0 Å². The number of carbonyl (C=O) groups excluding carboxylic acids is 2. The van der Waals surface area contributed by atoms with Crippen molar-refractivity contribution in [2.24, 2.45) is 0 Å². The Morgan fingerprint density at radius 1 is 0.939 bits per heavy atom. The first-order valence-corrected chi connectivity index (χ1v) is 12.0. The molecular formula is C26H22ClN3O2S. The van der Waals surface area contributed by atoms with Crippen molar-refractivity contribution < 1.29 is 9.59 Å². The monoisotopic (exact) mass is 475 g/mol. The van der Waals surface area contributed by atoms with Crippen LogP contribution < -0.4 is 10.2 Å². The van der Waals surface area contributed by atoms with E-state index in [1.807, 2.05) is 77.7 Å². The first-order valence-electron chi connectivity index (χ1n) is 10.8. The third-order valence-electron chi connectivity index (χ3n) is 5.76. The minimum absolute atomic E-state index is 0.0200. The molecule has 0 aromatic heterocycles. The van der Waals surface area contributed by atoms with Gasteiger partial charge in [-0.3, -0.25) is 9.59 Å². The van der Waals surface area contributed by atoms with Crippen LogP contribution in [0.4, 0.5) is 11.4 Å². The summed E-state index contributed by atoms with van der Waals surface area (Å²) in [4.78, 5) is 31.4. The van der Waals surface area contributed by atoms with Crippen molar-refractivity contribution in [2.75, 3.05) is 36.4 Å². The van der Waals surface area contributed by atoms with Crippen LogP contribution in [-0.4, -0.2) is 42.9 Å². The molecule has 3 aromatic rings. The van der Waals surface area contributed by atoms with E-state index in [1.54, 1.807) is 6.07 Å². The van der Waals surface area contributed by atoms with E-state index >= 15 is 0 Å². The highest BCUT2D eigenvalue weighted by atomic mass is 35.5. The number of rotatable bonds is 3. The Morgan fingerprint density at radius 2 is 1.73 bits per heavy atom. The summed E-state index contributed by atoms with van der Waals surface area (Å²) in [5.41, 5.74) is 3.31. The fourth-order valence-electron chi connectivity index (χ4n) is 4.02. The van der Waals surface area contributed by atoms with Gasteiger partial charge in [0.2, 0.25) is 0 Å². The standard InChI is InChI=1S/C26H22ClN3O2S/c27-20-7-4-8-21(17-20)29-11-13-30(14-12-29)26(32)19-9-10-23-22(16-19)28-25(31)24(33-23)15-18-5-2-1-3-6-18/h1-10,15-17H,11-14H2,(H,28,31)/b24-15-. The van der Waals surface area contributed by atoms with Crippen molar-refractivity contribution in [1.29, 1.82) is 0 Å². The summed E-state index contributed by atoms with van der Waals surface area (Å²) < 4.78 is 0. The number of fused-ring (bicyclic) bond motifs is 1. The lowest BCUT2D eigenvalue weighted by atomic mass is 10.1. The van der Waals surface area contributed by atoms with Crippen LogP contribution in [0.5, 0.6) is 0 Å². The molecule has 33 heavy (non-hydrogen) atoms. The number of carbonyl (C=O) groups is 2. The van der Waals surface area contributed by atoms with Gasteiger partial charge in [-0.1, -0.05) is 59.8 Å². The number of halogens is 1. The number of piperazine rings is 1. The number of amides is 2. The van der Waals surface area contributed by atoms with Crippen molar-refractivity contribution in [2.45, 2.75) is 4.90 Å². The minimum atomic E-state index is -0.156. The molecule has 7 heteroatoms. The van der Waals surface area contributed by atoms with E-state index in [9.17, 15) is 9.59 Å². The lowest BCUT2D eigenvalue weighted by Gasteiger charge is -2.36. The molecule has 0 atom stereocenters. The van der Waals surface area contributed by atoms with Crippen molar-refractivity contribution >= 4 is 52.6 Å². The molecule has 1 fully saturated rings. The van der Waals surface area contributed by atoms with E-state index in [0.29, 0.717) is 34.3 Å². The number of anilines is 2. The van der Waals surface area contributed by atoms with E-state index in [1.165, 1.54) is 11.8 Å². The molecule has 0 radical (unpaired) electrons. The lowest BCUT2D eigenvalue weighted by molar-refractivity contribution is -0.112. The summed E-state index contributed by atoms with van der Waals surface area (Å²) in [5, 5.41) is 3.65. The first kappa shape index (κ1) is 21.6. The first-order chi connectivity index (χ1) is 16.1. The Morgan fingerprint density at radius 3 is 2.48 bits per heavy atom. The largest absolute Gasteiger partial charge is 0.368 e. The van der Waals surface area contributed by atoms with Crippen molar-refractivity contribution in [3.8, 4) is 0 Å². The number of hydrogen-bond acceptors (Lipinski definition) is 4. The smallest absolute Gasteiger partial charge is 0.262 e. The molecule has 0 spiro atoms. The van der Waals surface area contributed by atoms with Gasteiger partial charge in [0.05, 0.1) is 10.6 Å². The highest BCUT2D eigenvalue weighted by molar-refractivity contribution is 8.04. The molecule has 5 nitrogen and oxygen atoms in total. The Kier molecular flexibility index (Phi) is 6.11. The van der Waals surface area contributed by atoms with Gasteiger partial charge in [-0.05, 0) is 48.0 Å². The molecule has 2 aliphatic rings. The summed E-state index contributed by atoms with van der Waals surface area (Å²) in [6.07, 6.45) is 1.88. The quantitative estimate of drug-likeness (QED) is 0.516. The highest BCUT2D eigenvalue weighted by Crippen LogP contribution is 2.39. The lowest BCUT2D eigenvalue weighted by Crippen LogP contribution is -2.48. The molecule has 0 aliphatic carbocycles. The summed E-state index contributed by atoms with van der Waals surface area (Å²) >= 11 is 7.54. The van der Waals surface area contributed by atoms with Crippen molar-refractivity contribution in [3.05, 3.63) is 93.9 Å². The zero-order chi connectivity index (χ0) is 22.8. The summed E-state index contributed by atoms with van der Waals surface area (Å²) in [6, 6.07) is 23.1. The van der Waals surface area contributed by atoms with Crippen LogP contribution in [0.1, 0.15) is 15.9 Å². The molecule has 1 saturated heterocycles. The second-order valence-corrected chi connectivity index (χ2v) is 9.47. The van der Waals surface area contributed by atoms with Gasteiger partial charge in [0.1, 0.15) is 0 Å². The fourth-order valence-corrected chi connectivity index (χ4v) is 5.13. The van der Waals surface area contributed by atoms with Gasteiger partial charge in [-0.25, -0.2) is 0 Å². The maximum Gasteiger partial charge on any atom is 0.262 e. The SMILES string of the molecule is O=C1Nc2cc(C(=O)N3CCN(c4cccc(Cl)c4)CC3)ccc2S/C1=C\c1ccccc1. The summed E-state index contributed by atoms with van der Waals surface area (Å²) in [7, 11) is 0. The predicted octanol–water partition coefficient (Wildman–Crippen LogP) is 5.39. The van der Waals surface area contributed by atoms with Crippen LogP contribution in [0.2, 0.25) is 5.02 Å². The van der Waals surface area contributed by atoms with E-state index < -0.39 is 0 Å². The Bertz CT molecular complexity index is 1240. The third kappa shape index (κ3) is 4.77. The Balaban J connectivity index is 1.27. The molecule has 2 aliphatic heterocycles.